The molecule has 2 rings (SSSR count). The molecule has 1 unspecified atom stereocenters. The third-order valence-corrected chi connectivity index (χ3v) is 2.65. The van der Waals surface area contributed by atoms with Gasteiger partial charge >= 0.3 is 5.97 Å². The minimum Gasteiger partial charge on any atom is -0.467 e. The van der Waals surface area contributed by atoms with Crippen molar-refractivity contribution in [3.05, 3.63) is 36.2 Å². The molecule has 0 bridgehead atoms. The fourth-order valence-electron chi connectivity index (χ4n) is 1.56. The number of carbonyl (C=O) groups excluding carboxylic acids is 2. The summed E-state index contributed by atoms with van der Waals surface area (Å²) in [6.07, 6.45) is 1.45. The van der Waals surface area contributed by atoms with Gasteiger partial charge in [-0.05, 0) is 41.6 Å². The molecule has 0 aliphatic rings. The summed E-state index contributed by atoms with van der Waals surface area (Å²) in [5.41, 5.74) is 1.16. The second-order valence-electron chi connectivity index (χ2n) is 4.02. The second-order valence-corrected chi connectivity index (χ2v) is 4.02. The molecular weight excluding hydrogens is 262 g/mol. The number of amides is 1. The fourth-order valence-corrected chi connectivity index (χ4v) is 1.56. The zero-order valence-corrected chi connectivity index (χ0v) is 11.0. The van der Waals surface area contributed by atoms with Gasteiger partial charge in [-0.15, -0.1) is 5.10 Å². The topological polar surface area (TPSA) is 99.0 Å². The van der Waals surface area contributed by atoms with Crippen LogP contribution in [-0.2, 0) is 9.53 Å². The number of esters is 1. The van der Waals surface area contributed by atoms with Gasteiger partial charge in [-0.2, -0.15) is 0 Å². The number of nitrogens with zero attached hydrogens (tertiary/aromatic N) is 4. The van der Waals surface area contributed by atoms with Crippen molar-refractivity contribution in [2.75, 3.05) is 7.11 Å². The quantitative estimate of drug-likeness (QED) is 0.786. The largest absolute Gasteiger partial charge is 0.467 e. The fraction of sp³-hybridized carbons (Fsp3) is 0.250. The lowest BCUT2D eigenvalue weighted by atomic mass is 10.2. The summed E-state index contributed by atoms with van der Waals surface area (Å²) in [4.78, 5) is 23.1. The maximum Gasteiger partial charge on any atom is 0.328 e. The monoisotopic (exact) mass is 275 g/mol. The van der Waals surface area contributed by atoms with Crippen molar-refractivity contribution in [2.45, 2.75) is 13.0 Å². The molecule has 0 saturated heterocycles. The summed E-state index contributed by atoms with van der Waals surface area (Å²) in [5, 5.41) is 13.3. The summed E-state index contributed by atoms with van der Waals surface area (Å²) in [5.74, 6) is -0.852. The Bertz CT molecular complexity index is 594. The summed E-state index contributed by atoms with van der Waals surface area (Å²) in [7, 11) is 1.27. The molecule has 0 radical (unpaired) electrons. The zero-order valence-electron chi connectivity index (χ0n) is 11.0. The van der Waals surface area contributed by atoms with E-state index in [0.717, 1.165) is 5.69 Å². The highest BCUT2D eigenvalue weighted by Crippen LogP contribution is 2.08. The Morgan fingerprint density at radius 1 is 1.30 bits per heavy atom. The predicted molar refractivity (Wildman–Crippen MR) is 68.1 cm³/mol. The lowest BCUT2D eigenvalue weighted by Gasteiger charge is -2.11. The van der Waals surface area contributed by atoms with Crippen LogP contribution in [0.5, 0.6) is 0 Å². The van der Waals surface area contributed by atoms with E-state index >= 15 is 0 Å². The lowest BCUT2D eigenvalue weighted by Crippen LogP contribution is -2.39. The van der Waals surface area contributed by atoms with Crippen molar-refractivity contribution < 1.29 is 14.3 Å². The van der Waals surface area contributed by atoms with Crippen LogP contribution in [0.4, 0.5) is 0 Å². The molecule has 1 atom stereocenters. The van der Waals surface area contributed by atoms with E-state index in [1.807, 2.05) is 0 Å². The summed E-state index contributed by atoms with van der Waals surface area (Å²) < 4.78 is 6.01. The molecule has 1 aromatic carbocycles. The molecule has 0 saturated carbocycles. The molecule has 8 heteroatoms. The van der Waals surface area contributed by atoms with Gasteiger partial charge in [-0.25, -0.2) is 9.48 Å². The molecule has 1 amide bonds. The summed E-state index contributed by atoms with van der Waals surface area (Å²) in [6.45, 7) is 1.55. The number of rotatable bonds is 4. The van der Waals surface area contributed by atoms with Crippen molar-refractivity contribution in [3.63, 3.8) is 0 Å². The predicted octanol–water partition coefficient (Wildman–Crippen LogP) is -0.0464. The smallest absolute Gasteiger partial charge is 0.328 e. The van der Waals surface area contributed by atoms with Gasteiger partial charge in [0.2, 0.25) is 0 Å². The molecule has 0 aliphatic heterocycles. The minimum absolute atomic E-state index is 0.355. The number of hydrogen-bond donors (Lipinski definition) is 1. The van der Waals surface area contributed by atoms with E-state index in [0.29, 0.717) is 5.56 Å². The molecule has 2 aromatic rings. The van der Waals surface area contributed by atoms with Crippen LogP contribution in [0.25, 0.3) is 5.69 Å². The maximum absolute atomic E-state index is 11.9. The van der Waals surface area contributed by atoms with Crippen LogP contribution in [-0.4, -0.2) is 45.2 Å². The highest BCUT2D eigenvalue weighted by Gasteiger charge is 2.16. The summed E-state index contributed by atoms with van der Waals surface area (Å²) in [6, 6.07) is 5.95. The zero-order chi connectivity index (χ0) is 14.5. The van der Waals surface area contributed by atoms with Crippen LogP contribution >= 0.6 is 0 Å². The van der Waals surface area contributed by atoms with Crippen LogP contribution in [0, 0.1) is 0 Å². The third-order valence-electron chi connectivity index (χ3n) is 2.65. The number of carbonyl (C=O) groups is 2. The van der Waals surface area contributed by atoms with E-state index < -0.39 is 12.0 Å². The van der Waals surface area contributed by atoms with E-state index in [2.05, 4.69) is 25.6 Å². The van der Waals surface area contributed by atoms with E-state index in [4.69, 9.17) is 0 Å². The van der Waals surface area contributed by atoms with Gasteiger partial charge in [0.1, 0.15) is 12.4 Å². The van der Waals surface area contributed by atoms with Crippen molar-refractivity contribution in [3.8, 4) is 5.69 Å². The van der Waals surface area contributed by atoms with E-state index in [1.165, 1.54) is 18.1 Å². The Morgan fingerprint density at radius 2 is 2.00 bits per heavy atom. The Labute approximate surface area is 114 Å². The number of benzene rings is 1. The molecule has 0 spiro atoms. The average Bonchev–Trinajstić information content (AvgIpc) is 3.00. The average molecular weight is 275 g/mol. The standard InChI is InChI=1S/C12H13N5O3/c1-8(12(19)20-2)14-11(18)9-3-5-10(6-4-9)17-7-13-15-16-17/h3-8H,1-2H3,(H,14,18). The third kappa shape index (κ3) is 2.97. The number of aromatic nitrogens is 4. The first-order valence-corrected chi connectivity index (χ1v) is 5.84. The molecule has 8 nitrogen and oxygen atoms in total. The van der Waals surface area contributed by atoms with Crippen molar-refractivity contribution in [1.82, 2.24) is 25.5 Å². The van der Waals surface area contributed by atoms with Crippen LogP contribution < -0.4 is 5.32 Å². The van der Waals surface area contributed by atoms with Gasteiger partial charge in [0.25, 0.3) is 5.91 Å². The highest BCUT2D eigenvalue weighted by atomic mass is 16.5. The van der Waals surface area contributed by atoms with Gasteiger partial charge in [0.05, 0.1) is 12.8 Å². The number of ether oxygens (including phenoxy) is 1. The first-order chi connectivity index (χ1) is 9.61. The highest BCUT2D eigenvalue weighted by molar-refractivity contribution is 5.96. The summed E-state index contributed by atoms with van der Waals surface area (Å²) >= 11 is 0. The molecule has 104 valence electrons. The molecule has 1 N–H and O–H groups in total. The Morgan fingerprint density at radius 3 is 2.55 bits per heavy atom. The van der Waals surface area contributed by atoms with Gasteiger partial charge < -0.3 is 10.1 Å². The first kappa shape index (κ1) is 13.7. The molecule has 0 fully saturated rings. The van der Waals surface area contributed by atoms with Crippen molar-refractivity contribution >= 4 is 11.9 Å². The minimum atomic E-state index is -0.702. The first-order valence-electron chi connectivity index (χ1n) is 5.84. The van der Waals surface area contributed by atoms with E-state index in [-0.39, 0.29) is 5.91 Å². The van der Waals surface area contributed by atoms with E-state index in [1.54, 1.807) is 31.2 Å². The molecule has 1 aromatic heterocycles. The van der Waals surface area contributed by atoms with Crippen LogP contribution in [0.15, 0.2) is 30.6 Å². The molecule has 1 heterocycles. The number of hydrogen-bond acceptors (Lipinski definition) is 6. The van der Waals surface area contributed by atoms with Crippen LogP contribution in [0.1, 0.15) is 17.3 Å². The number of tetrazole rings is 1. The maximum atomic E-state index is 11.9. The Kier molecular flexibility index (Phi) is 4.04. The normalized spacial score (nSPS) is 11.7. The van der Waals surface area contributed by atoms with E-state index in [9.17, 15) is 9.59 Å². The van der Waals surface area contributed by atoms with Crippen LogP contribution in [0.2, 0.25) is 0 Å². The Hall–Kier alpha value is -2.77. The van der Waals surface area contributed by atoms with Gasteiger partial charge in [0, 0.05) is 5.56 Å². The molecule has 20 heavy (non-hydrogen) atoms. The Balaban J connectivity index is 2.06. The molecular formula is C12H13N5O3. The second kappa shape index (κ2) is 5.91. The SMILES string of the molecule is COC(=O)C(C)NC(=O)c1ccc(-n2cnnn2)cc1. The lowest BCUT2D eigenvalue weighted by molar-refractivity contribution is -0.142. The van der Waals surface area contributed by atoms with Gasteiger partial charge in [0.15, 0.2) is 0 Å². The van der Waals surface area contributed by atoms with Crippen molar-refractivity contribution in [2.24, 2.45) is 0 Å². The van der Waals surface area contributed by atoms with Crippen molar-refractivity contribution in [1.29, 1.82) is 0 Å². The number of methoxy groups -OCH3 is 1. The van der Waals surface area contributed by atoms with Crippen LogP contribution in [0.3, 0.4) is 0 Å². The van der Waals surface area contributed by atoms with Gasteiger partial charge in [-0.3, -0.25) is 4.79 Å². The van der Waals surface area contributed by atoms with Gasteiger partial charge in [-0.1, -0.05) is 0 Å². The number of nitrogens with one attached hydrogen (secondary N) is 1. The molecule has 0 aliphatic carbocycles.